The molecule has 0 bridgehead atoms. The molecule has 0 aliphatic heterocycles. The van der Waals surface area contributed by atoms with Crippen molar-refractivity contribution in [2.24, 2.45) is 11.1 Å². The molecular weight excluding hydrogens is 214 g/mol. The zero-order chi connectivity index (χ0) is 10.8. The molecular formula is C11H18ClNS. The molecule has 1 atom stereocenters. The van der Waals surface area contributed by atoms with Crippen molar-refractivity contribution < 1.29 is 0 Å². The summed E-state index contributed by atoms with van der Waals surface area (Å²) in [4.78, 5) is 1.12. The number of hydrogen-bond acceptors (Lipinski definition) is 2. The minimum Gasteiger partial charge on any atom is -0.323 e. The van der Waals surface area contributed by atoms with E-state index < -0.39 is 0 Å². The molecule has 14 heavy (non-hydrogen) atoms. The van der Waals surface area contributed by atoms with Gasteiger partial charge in [0.25, 0.3) is 0 Å². The first-order chi connectivity index (χ1) is 6.40. The maximum Gasteiger partial charge on any atom is 0.0561 e. The summed E-state index contributed by atoms with van der Waals surface area (Å²) in [7, 11) is 0. The van der Waals surface area contributed by atoms with Gasteiger partial charge < -0.3 is 5.73 Å². The molecule has 0 radical (unpaired) electrons. The van der Waals surface area contributed by atoms with Gasteiger partial charge in [0.2, 0.25) is 0 Å². The highest BCUT2D eigenvalue weighted by molar-refractivity contribution is 7.10. The summed E-state index contributed by atoms with van der Waals surface area (Å²) < 4.78 is 0. The summed E-state index contributed by atoms with van der Waals surface area (Å²) >= 11 is 7.67. The van der Waals surface area contributed by atoms with Gasteiger partial charge in [-0.1, -0.05) is 32.4 Å². The van der Waals surface area contributed by atoms with Crippen LogP contribution in [0.4, 0.5) is 0 Å². The molecule has 1 aromatic rings. The Morgan fingerprint density at radius 2 is 2.14 bits per heavy atom. The molecule has 0 saturated heterocycles. The largest absolute Gasteiger partial charge is 0.323 e. The summed E-state index contributed by atoms with van der Waals surface area (Å²) in [5.74, 6) is 0. The minimum absolute atomic E-state index is 0.0988. The van der Waals surface area contributed by atoms with E-state index >= 15 is 0 Å². The molecule has 0 fully saturated rings. The van der Waals surface area contributed by atoms with Crippen LogP contribution in [0.15, 0.2) is 11.4 Å². The third-order valence-corrected chi connectivity index (χ3v) is 3.68. The van der Waals surface area contributed by atoms with E-state index in [1.165, 1.54) is 0 Å². The second-order valence-electron chi connectivity index (χ2n) is 4.84. The molecule has 2 N–H and O–H groups in total. The lowest BCUT2D eigenvalue weighted by Gasteiger charge is -2.20. The van der Waals surface area contributed by atoms with E-state index in [1.54, 1.807) is 11.3 Å². The molecule has 0 amide bonds. The molecule has 0 spiro atoms. The van der Waals surface area contributed by atoms with Crippen LogP contribution < -0.4 is 5.73 Å². The van der Waals surface area contributed by atoms with Crippen LogP contribution in [0.1, 0.15) is 44.5 Å². The lowest BCUT2D eigenvalue weighted by atomic mass is 9.88. The van der Waals surface area contributed by atoms with Gasteiger partial charge in [0.15, 0.2) is 0 Å². The summed E-state index contributed by atoms with van der Waals surface area (Å²) in [5, 5.41) is 2.81. The van der Waals surface area contributed by atoms with E-state index in [0.29, 0.717) is 5.41 Å². The Balaban J connectivity index is 2.51. The quantitative estimate of drug-likeness (QED) is 0.828. The highest BCUT2D eigenvalue weighted by Crippen LogP contribution is 2.32. The van der Waals surface area contributed by atoms with Crippen LogP contribution in [0.25, 0.3) is 0 Å². The number of thiophene rings is 1. The van der Waals surface area contributed by atoms with Gasteiger partial charge in [0.05, 0.1) is 5.02 Å². The van der Waals surface area contributed by atoms with Gasteiger partial charge in [0.1, 0.15) is 0 Å². The van der Waals surface area contributed by atoms with Crippen molar-refractivity contribution in [1.82, 2.24) is 0 Å². The van der Waals surface area contributed by atoms with Crippen LogP contribution in [0.3, 0.4) is 0 Å². The van der Waals surface area contributed by atoms with Gasteiger partial charge >= 0.3 is 0 Å². The first kappa shape index (κ1) is 12.0. The Hall–Kier alpha value is -0.0500. The van der Waals surface area contributed by atoms with Gasteiger partial charge in [-0.15, -0.1) is 11.3 Å². The van der Waals surface area contributed by atoms with Crippen LogP contribution in [0.5, 0.6) is 0 Å². The fraction of sp³-hybridized carbons (Fsp3) is 0.636. The minimum atomic E-state index is 0.0988. The number of hydrogen-bond donors (Lipinski definition) is 1. The zero-order valence-corrected chi connectivity index (χ0v) is 10.6. The summed E-state index contributed by atoms with van der Waals surface area (Å²) in [5.41, 5.74) is 6.42. The smallest absolute Gasteiger partial charge is 0.0561 e. The number of halogens is 1. The average Bonchev–Trinajstić information content (AvgIpc) is 2.46. The Bertz CT molecular complexity index is 288. The van der Waals surface area contributed by atoms with Crippen molar-refractivity contribution in [3.8, 4) is 0 Å². The molecule has 1 heterocycles. The van der Waals surface area contributed by atoms with Crippen LogP contribution in [0, 0.1) is 5.41 Å². The van der Waals surface area contributed by atoms with Crippen molar-refractivity contribution in [3.63, 3.8) is 0 Å². The van der Waals surface area contributed by atoms with Gasteiger partial charge in [-0.2, -0.15) is 0 Å². The maximum atomic E-state index is 6.07. The van der Waals surface area contributed by atoms with E-state index in [4.69, 9.17) is 17.3 Å². The summed E-state index contributed by atoms with van der Waals surface area (Å²) in [6.07, 6.45) is 2.13. The monoisotopic (exact) mass is 231 g/mol. The van der Waals surface area contributed by atoms with Gasteiger partial charge in [-0.25, -0.2) is 0 Å². The molecule has 1 nitrogen and oxygen atoms in total. The van der Waals surface area contributed by atoms with Crippen molar-refractivity contribution in [3.05, 3.63) is 21.3 Å². The van der Waals surface area contributed by atoms with Crippen molar-refractivity contribution >= 4 is 22.9 Å². The Labute approximate surface area is 95.3 Å². The molecule has 80 valence electrons. The first-order valence-corrected chi connectivity index (χ1v) is 6.14. The fourth-order valence-electron chi connectivity index (χ4n) is 1.29. The Morgan fingerprint density at radius 1 is 1.50 bits per heavy atom. The zero-order valence-electron chi connectivity index (χ0n) is 9.01. The molecule has 1 unspecified atom stereocenters. The molecule has 3 heteroatoms. The second kappa shape index (κ2) is 4.65. The summed E-state index contributed by atoms with van der Waals surface area (Å²) in [6, 6.07) is 2.01. The molecule has 0 aromatic carbocycles. The lowest BCUT2D eigenvalue weighted by Crippen LogP contribution is -2.13. The van der Waals surface area contributed by atoms with Crippen molar-refractivity contribution in [2.75, 3.05) is 0 Å². The van der Waals surface area contributed by atoms with Crippen LogP contribution in [0.2, 0.25) is 5.02 Å². The van der Waals surface area contributed by atoms with E-state index in [2.05, 4.69) is 20.8 Å². The SMILES string of the molecule is CC(C)(C)CCC(N)c1sccc1Cl. The standard InChI is InChI=1S/C11H18ClNS/c1-11(2,3)6-4-9(13)10-8(12)5-7-14-10/h5,7,9H,4,6,13H2,1-3H3. The van der Waals surface area contributed by atoms with E-state index in [0.717, 1.165) is 22.7 Å². The van der Waals surface area contributed by atoms with E-state index in [1.807, 2.05) is 11.4 Å². The maximum absolute atomic E-state index is 6.07. The Kier molecular flexibility index (Phi) is 3.99. The third kappa shape index (κ3) is 3.60. The van der Waals surface area contributed by atoms with Gasteiger partial charge in [-0.05, 0) is 29.7 Å². The van der Waals surface area contributed by atoms with Crippen LogP contribution in [-0.4, -0.2) is 0 Å². The lowest BCUT2D eigenvalue weighted by molar-refractivity contribution is 0.351. The van der Waals surface area contributed by atoms with Crippen molar-refractivity contribution in [1.29, 1.82) is 0 Å². The van der Waals surface area contributed by atoms with E-state index in [-0.39, 0.29) is 6.04 Å². The molecule has 1 rings (SSSR count). The first-order valence-electron chi connectivity index (χ1n) is 4.88. The average molecular weight is 232 g/mol. The van der Waals surface area contributed by atoms with Crippen molar-refractivity contribution in [2.45, 2.75) is 39.7 Å². The predicted molar refractivity (Wildman–Crippen MR) is 64.9 cm³/mol. The van der Waals surface area contributed by atoms with Gasteiger partial charge in [0, 0.05) is 10.9 Å². The Morgan fingerprint density at radius 3 is 2.57 bits per heavy atom. The topological polar surface area (TPSA) is 26.0 Å². The highest BCUT2D eigenvalue weighted by atomic mass is 35.5. The highest BCUT2D eigenvalue weighted by Gasteiger charge is 2.16. The normalized spacial score (nSPS) is 14.4. The van der Waals surface area contributed by atoms with E-state index in [9.17, 15) is 0 Å². The molecule has 0 aliphatic carbocycles. The third-order valence-electron chi connectivity index (χ3n) is 2.19. The molecule has 0 saturated carbocycles. The second-order valence-corrected chi connectivity index (χ2v) is 6.19. The molecule has 0 aliphatic rings. The summed E-state index contributed by atoms with van der Waals surface area (Å²) in [6.45, 7) is 6.70. The fourth-order valence-corrected chi connectivity index (χ4v) is 2.53. The molecule has 1 aromatic heterocycles. The predicted octanol–water partition coefficient (Wildman–Crippen LogP) is 4.23. The van der Waals surface area contributed by atoms with Crippen LogP contribution >= 0.6 is 22.9 Å². The number of rotatable bonds is 3. The van der Waals surface area contributed by atoms with Gasteiger partial charge in [-0.3, -0.25) is 0 Å². The number of nitrogens with two attached hydrogens (primary N) is 1. The van der Waals surface area contributed by atoms with Crippen LogP contribution in [-0.2, 0) is 0 Å².